The molecule has 2 aromatic heterocycles. The van der Waals surface area contributed by atoms with Gasteiger partial charge in [0.1, 0.15) is 4.60 Å². The fourth-order valence-electron chi connectivity index (χ4n) is 0.850. The molecular weight excluding hydrogens is 242 g/mol. The van der Waals surface area contributed by atoms with E-state index in [1.165, 1.54) is 0 Å². The van der Waals surface area contributed by atoms with Crippen molar-refractivity contribution in [3.8, 4) is 0 Å². The number of rotatable bonds is 1. The molecule has 12 heavy (non-hydrogen) atoms. The van der Waals surface area contributed by atoms with E-state index in [4.69, 9.17) is 0 Å². The third-order valence-electron chi connectivity index (χ3n) is 1.36. The summed E-state index contributed by atoms with van der Waals surface area (Å²) >= 11 is 7.12. The van der Waals surface area contributed by atoms with Crippen molar-refractivity contribution >= 4 is 45.7 Å². The summed E-state index contributed by atoms with van der Waals surface area (Å²) in [7, 11) is 0. The van der Waals surface area contributed by atoms with Crippen LogP contribution < -0.4 is 4.72 Å². The highest BCUT2D eigenvalue weighted by Crippen LogP contribution is 2.19. The summed E-state index contributed by atoms with van der Waals surface area (Å²) in [4.78, 5) is 8.12. The zero-order valence-corrected chi connectivity index (χ0v) is 8.22. The summed E-state index contributed by atoms with van der Waals surface area (Å²) in [5, 5.41) is 7.41. The second-order valence-corrected chi connectivity index (χ2v) is 3.06. The van der Waals surface area contributed by atoms with E-state index in [0.717, 1.165) is 5.39 Å². The van der Waals surface area contributed by atoms with Gasteiger partial charge in [-0.05, 0) is 15.9 Å². The number of halogens is 1. The van der Waals surface area contributed by atoms with Gasteiger partial charge < -0.3 is 4.72 Å². The van der Waals surface area contributed by atoms with E-state index in [9.17, 15) is 0 Å². The van der Waals surface area contributed by atoms with Crippen molar-refractivity contribution in [1.29, 1.82) is 0 Å². The van der Waals surface area contributed by atoms with Crippen LogP contribution in [0, 0.1) is 0 Å². The summed E-state index contributed by atoms with van der Waals surface area (Å²) in [6.45, 7) is 0. The largest absolute Gasteiger partial charge is 0.301 e. The lowest BCUT2D eigenvalue weighted by atomic mass is 10.4. The molecule has 0 spiro atoms. The molecule has 0 atom stereocenters. The molecule has 5 nitrogen and oxygen atoms in total. The Morgan fingerprint density at radius 3 is 3.08 bits per heavy atom. The van der Waals surface area contributed by atoms with Crippen LogP contribution in [-0.4, -0.2) is 20.2 Å². The van der Waals surface area contributed by atoms with E-state index in [-0.39, 0.29) is 0 Å². The highest BCUT2D eigenvalue weighted by atomic mass is 79.9. The van der Waals surface area contributed by atoms with E-state index < -0.39 is 0 Å². The predicted octanol–water partition coefficient (Wildman–Crippen LogP) is 1.37. The maximum absolute atomic E-state index is 4.07. The van der Waals surface area contributed by atoms with Crippen LogP contribution in [0.3, 0.4) is 0 Å². The van der Waals surface area contributed by atoms with E-state index in [0.29, 0.717) is 16.2 Å². The number of hydrogen-bond donors (Lipinski definition) is 3. The monoisotopic (exact) mass is 245 g/mol. The molecule has 0 aliphatic heterocycles. The average molecular weight is 246 g/mol. The molecule has 0 saturated carbocycles. The van der Waals surface area contributed by atoms with Crippen LogP contribution in [-0.2, 0) is 0 Å². The van der Waals surface area contributed by atoms with Gasteiger partial charge in [-0.2, -0.15) is 10.1 Å². The Bertz CT molecular complexity index is 413. The number of hydrogen-bond acceptors (Lipinski definition) is 5. The second kappa shape index (κ2) is 2.91. The van der Waals surface area contributed by atoms with Crippen molar-refractivity contribution < 1.29 is 0 Å². The zero-order chi connectivity index (χ0) is 8.55. The molecule has 2 rings (SSSR count). The zero-order valence-electron chi connectivity index (χ0n) is 5.74. The average Bonchev–Trinajstić information content (AvgIpc) is 2.52. The molecule has 0 aliphatic carbocycles. The number of nitrogens with zero attached hydrogens (tertiary/aromatic N) is 3. The number of H-pyrrole nitrogens is 1. The van der Waals surface area contributed by atoms with Gasteiger partial charge in [-0.3, -0.25) is 5.10 Å². The number of aromatic nitrogens is 4. The Kier molecular flexibility index (Phi) is 1.89. The van der Waals surface area contributed by atoms with Crippen LogP contribution in [0.15, 0.2) is 10.8 Å². The minimum atomic E-state index is 0.432. The first kappa shape index (κ1) is 7.81. The van der Waals surface area contributed by atoms with Crippen molar-refractivity contribution in [3.63, 3.8) is 0 Å². The van der Waals surface area contributed by atoms with Gasteiger partial charge >= 0.3 is 0 Å². The third-order valence-corrected chi connectivity index (χ3v) is 2.17. The fourth-order valence-corrected chi connectivity index (χ4v) is 1.41. The van der Waals surface area contributed by atoms with Crippen molar-refractivity contribution in [2.24, 2.45) is 0 Å². The second-order valence-electron chi connectivity index (χ2n) is 2.08. The maximum atomic E-state index is 4.07. The molecule has 0 saturated heterocycles. The summed E-state index contributed by atoms with van der Waals surface area (Å²) in [5.74, 6) is 0.432. The van der Waals surface area contributed by atoms with Gasteiger partial charge in [0, 0.05) is 0 Å². The Morgan fingerprint density at radius 1 is 1.50 bits per heavy atom. The molecule has 0 aliphatic rings. The van der Waals surface area contributed by atoms with Gasteiger partial charge in [-0.15, -0.1) is 0 Å². The smallest absolute Gasteiger partial charge is 0.235 e. The van der Waals surface area contributed by atoms with Gasteiger partial charge in [0.05, 0.1) is 11.6 Å². The highest BCUT2D eigenvalue weighted by molar-refractivity contribution is 9.10. The summed E-state index contributed by atoms with van der Waals surface area (Å²) in [5.41, 5.74) is 0.674. The van der Waals surface area contributed by atoms with Crippen LogP contribution in [0.2, 0.25) is 0 Å². The van der Waals surface area contributed by atoms with Crippen molar-refractivity contribution in [2.75, 3.05) is 4.72 Å². The SMILES string of the molecule is SNc1nc(Br)c2cn[nH]c2n1. The standard InChI is InChI=1S/C5H4BrN5S/c6-3-2-1-7-10-4(2)9-5(8-3)11-12/h1,12H,(H2,7,8,9,10,11). The lowest BCUT2D eigenvalue weighted by Gasteiger charge is -1.97. The van der Waals surface area contributed by atoms with Gasteiger partial charge in [0.15, 0.2) is 5.65 Å². The Hall–Kier alpha value is -0.820. The normalized spacial score (nSPS) is 10.5. The van der Waals surface area contributed by atoms with Crippen LogP contribution in [0.4, 0.5) is 5.95 Å². The fraction of sp³-hybridized carbons (Fsp3) is 0. The molecule has 62 valence electrons. The van der Waals surface area contributed by atoms with Crippen molar-refractivity contribution in [2.45, 2.75) is 0 Å². The maximum Gasteiger partial charge on any atom is 0.235 e. The van der Waals surface area contributed by atoms with Gasteiger partial charge in [0.25, 0.3) is 0 Å². The van der Waals surface area contributed by atoms with E-state index in [2.05, 4.69) is 53.6 Å². The molecule has 2 N–H and O–H groups in total. The Labute approximate surface area is 81.7 Å². The van der Waals surface area contributed by atoms with Gasteiger partial charge in [0.2, 0.25) is 5.95 Å². The lowest BCUT2D eigenvalue weighted by molar-refractivity contribution is 1.09. The van der Waals surface area contributed by atoms with Crippen LogP contribution in [0.5, 0.6) is 0 Å². The molecule has 0 bridgehead atoms. The van der Waals surface area contributed by atoms with Gasteiger partial charge in [-0.25, -0.2) is 4.98 Å². The van der Waals surface area contributed by atoms with Crippen molar-refractivity contribution in [3.05, 3.63) is 10.8 Å². The number of thiol groups is 1. The summed E-state index contributed by atoms with van der Waals surface area (Å²) < 4.78 is 3.24. The van der Waals surface area contributed by atoms with E-state index >= 15 is 0 Å². The predicted molar refractivity (Wildman–Crippen MR) is 52.0 cm³/mol. The summed E-state index contributed by atoms with van der Waals surface area (Å²) in [6, 6.07) is 0. The van der Waals surface area contributed by atoms with E-state index in [1.54, 1.807) is 6.20 Å². The Morgan fingerprint density at radius 2 is 2.33 bits per heavy atom. The number of aromatic amines is 1. The molecule has 2 aromatic rings. The first-order valence-electron chi connectivity index (χ1n) is 3.08. The van der Waals surface area contributed by atoms with Gasteiger partial charge in [-0.1, -0.05) is 12.8 Å². The minimum absolute atomic E-state index is 0.432. The molecule has 0 aromatic carbocycles. The van der Waals surface area contributed by atoms with Crippen LogP contribution in [0.25, 0.3) is 11.0 Å². The highest BCUT2D eigenvalue weighted by Gasteiger charge is 2.05. The molecule has 0 unspecified atom stereocenters. The molecule has 2 heterocycles. The number of fused-ring (bicyclic) bond motifs is 1. The molecule has 7 heteroatoms. The summed E-state index contributed by atoms with van der Waals surface area (Å²) in [6.07, 6.45) is 1.65. The molecule has 0 radical (unpaired) electrons. The van der Waals surface area contributed by atoms with Crippen molar-refractivity contribution in [1.82, 2.24) is 20.2 Å². The number of nitrogens with one attached hydrogen (secondary N) is 2. The lowest BCUT2D eigenvalue weighted by Crippen LogP contribution is -1.92. The minimum Gasteiger partial charge on any atom is -0.301 e. The first-order valence-corrected chi connectivity index (χ1v) is 4.32. The topological polar surface area (TPSA) is 66.5 Å². The third kappa shape index (κ3) is 1.14. The molecule has 0 amide bonds. The quantitative estimate of drug-likeness (QED) is 0.525. The van der Waals surface area contributed by atoms with Crippen LogP contribution in [0.1, 0.15) is 0 Å². The van der Waals surface area contributed by atoms with E-state index in [1.807, 2.05) is 0 Å². The molecular formula is C5H4BrN5S. The van der Waals surface area contributed by atoms with Crippen LogP contribution >= 0.6 is 28.7 Å². The Balaban J connectivity index is 2.75. The number of anilines is 1. The molecule has 0 fully saturated rings. The first-order chi connectivity index (χ1) is 5.81.